The van der Waals surface area contributed by atoms with Crippen molar-refractivity contribution in [3.63, 3.8) is 0 Å². The van der Waals surface area contributed by atoms with Crippen LogP contribution in [0.25, 0.3) is 0 Å². The highest BCUT2D eigenvalue weighted by atomic mass is 16.6. The van der Waals surface area contributed by atoms with E-state index in [0.717, 1.165) is 0 Å². The molecule has 282 valence electrons. The molecule has 12 heteroatoms. The molecule has 0 aliphatic heterocycles. The average molecular weight is 723 g/mol. The Morgan fingerprint density at radius 2 is 1.35 bits per heavy atom. The molecule has 0 spiro atoms. The van der Waals surface area contributed by atoms with Crippen LogP contribution in [0.15, 0.2) is 73.3 Å². The van der Waals surface area contributed by atoms with E-state index in [0.29, 0.717) is 0 Å². The molecule has 0 saturated heterocycles. The van der Waals surface area contributed by atoms with E-state index in [-0.39, 0.29) is 24.0 Å². The van der Waals surface area contributed by atoms with E-state index >= 15 is 0 Å². The number of hydrogen-bond donors (Lipinski definition) is 3. The standard InChI is InChI=1S/C40H50O12/c1-9-38(7)21-27(51-34(44)25-16-12-10-13-17-25)31-39(8)28(20-29(48-22(2)41)40(31,47)36(38)46)37(5,6)32(50-24(4)43)30(49-23(3)42)33(39)52-35(45)26-18-14-11-15-19-26/h9-19,24,27-33,36,43,46-47H,1,20-21H2,2-8H3. The van der Waals surface area contributed by atoms with Gasteiger partial charge in [0.25, 0.3) is 0 Å². The van der Waals surface area contributed by atoms with Crippen LogP contribution < -0.4 is 0 Å². The molecular formula is C40H50O12. The lowest BCUT2D eigenvalue weighted by molar-refractivity contribution is -0.355. The van der Waals surface area contributed by atoms with Crippen molar-refractivity contribution < 1.29 is 58.2 Å². The summed E-state index contributed by atoms with van der Waals surface area (Å²) >= 11 is 0. The molecule has 2 aromatic rings. The zero-order chi connectivity index (χ0) is 38.4. The summed E-state index contributed by atoms with van der Waals surface area (Å²) in [5, 5.41) is 36.1. The van der Waals surface area contributed by atoms with Crippen LogP contribution in [0.5, 0.6) is 0 Å². The monoisotopic (exact) mass is 722 g/mol. The van der Waals surface area contributed by atoms with E-state index in [4.69, 9.17) is 23.7 Å². The van der Waals surface area contributed by atoms with Gasteiger partial charge in [-0.2, -0.15) is 0 Å². The molecule has 12 nitrogen and oxygen atoms in total. The number of aliphatic hydroxyl groups excluding tert-OH is 2. The van der Waals surface area contributed by atoms with E-state index in [2.05, 4.69) is 6.58 Å². The van der Waals surface area contributed by atoms with Crippen molar-refractivity contribution in [1.29, 1.82) is 0 Å². The Labute approximate surface area is 304 Å². The quantitative estimate of drug-likeness (QED) is 0.144. The van der Waals surface area contributed by atoms with Gasteiger partial charge < -0.3 is 39.0 Å². The first-order valence-electron chi connectivity index (χ1n) is 17.6. The highest BCUT2D eigenvalue weighted by molar-refractivity contribution is 5.90. The van der Waals surface area contributed by atoms with Crippen molar-refractivity contribution in [2.24, 2.45) is 28.1 Å². The molecule has 0 radical (unpaired) electrons. The molecule has 12 unspecified atom stereocenters. The maximum atomic E-state index is 14.0. The smallest absolute Gasteiger partial charge is 0.338 e. The van der Waals surface area contributed by atoms with Crippen LogP contribution in [0.2, 0.25) is 0 Å². The Kier molecular flexibility index (Phi) is 10.8. The van der Waals surface area contributed by atoms with Gasteiger partial charge in [0.2, 0.25) is 0 Å². The fourth-order valence-corrected chi connectivity index (χ4v) is 9.58. The number of hydrogen-bond acceptors (Lipinski definition) is 12. The van der Waals surface area contributed by atoms with Crippen LogP contribution >= 0.6 is 0 Å². The average Bonchev–Trinajstić information content (AvgIpc) is 3.08. The molecule has 3 N–H and O–H groups in total. The molecule has 0 aromatic heterocycles. The lowest BCUT2D eigenvalue weighted by Gasteiger charge is -2.70. The first-order chi connectivity index (χ1) is 24.3. The number of esters is 4. The fraction of sp³-hybridized carbons (Fsp3) is 0.550. The molecule has 12 atom stereocenters. The Balaban J connectivity index is 1.81. The number of carbonyl (C=O) groups is 4. The summed E-state index contributed by atoms with van der Waals surface area (Å²) in [5.74, 6) is -5.01. The molecule has 3 saturated carbocycles. The Hall–Kier alpha value is -4.10. The van der Waals surface area contributed by atoms with Crippen molar-refractivity contribution >= 4 is 23.9 Å². The SMILES string of the molecule is C=CC1(C)CC(OC(=O)c2ccccc2)C2C3(C)C(OC(=O)c4ccccc4)C(OC(C)=O)C(OC(C)O)C(C)(C)C3CC(OC(C)=O)C2(O)C1O. The highest BCUT2D eigenvalue weighted by Crippen LogP contribution is 2.68. The van der Waals surface area contributed by atoms with Crippen LogP contribution in [-0.4, -0.2) is 87.7 Å². The second-order valence-electron chi connectivity index (χ2n) is 15.5. The third-order valence-electron chi connectivity index (χ3n) is 11.7. The fourth-order valence-electron chi connectivity index (χ4n) is 9.58. The molecule has 3 fully saturated rings. The second kappa shape index (κ2) is 14.4. The summed E-state index contributed by atoms with van der Waals surface area (Å²) in [6.07, 6.45) is -8.15. The maximum absolute atomic E-state index is 14.0. The van der Waals surface area contributed by atoms with Crippen molar-refractivity contribution in [3.8, 4) is 0 Å². The minimum Gasteiger partial charge on any atom is -0.459 e. The molecule has 52 heavy (non-hydrogen) atoms. The van der Waals surface area contributed by atoms with Gasteiger partial charge in [0.05, 0.1) is 17.2 Å². The van der Waals surface area contributed by atoms with E-state index in [1.165, 1.54) is 26.8 Å². The number of aliphatic hydroxyl groups is 3. The molecule has 3 aliphatic rings. The van der Waals surface area contributed by atoms with Crippen LogP contribution in [0.3, 0.4) is 0 Å². The summed E-state index contributed by atoms with van der Waals surface area (Å²) in [7, 11) is 0. The van der Waals surface area contributed by atoms with Gasteiger partial charge in [-0.1, -0.05) is 70.2 Å². The molecule has 0 heterocycles. The summed E-state index contributed by atoms with van der Waals surface area (Å²) in [6, 6.07) is 16.4. The Morgan fingerprint density at radius 1 is 0.827 bits per heavy atom. The van der Waals surface area contributed by atoms with Gasteiger partial charge in [-0.3, -0.25) is 9.59 Å². The van der Waals surface area contributed by atoms with Gasteiger partial charge in [-0.05, 0) is 55.4 Å². The first-order valence-corrected chi connectivity index (χ1v) is 17.6. The summed E-state index contributed by atoms with van der Waals surface area (Å²) in [6.45, 7) is 14.8. The summed E-state index contributed by atoms with van der Waals surface area (Å²) < 4.78 is 30.7. The predicted octanol–water partition coefficient (Wildman–Crippen LogP) is 4.39. The number of carbonyl (C=O) groups excluding carboxylic acids is 4. The highest BCUT2D eigenvalue weighted by Gasteiger charge is 2.78. The van der Waals surface area contributed by atoms with Crippen molar-refractivity contribution in [2.75, 3.05) is 0 Å². The normalized spacial score (nSPS) is 36.9. The minimum absolute atomic E-state index is 0.0378. The van der Waals surface area contributed by atoms with Gasteiger partial charge in [0, 0.05) is 30.6 Å². The lowest BCUT2D eigenvalue weighted by Crippen LogP contribution is -2.81. The molecular weight excluding hydrogens is 672 g/mol. The molecule has 3 aliphatic carbocycles. The van der Waals surface area contributed by atoms with E-state index in [9.17, 15) is 34.5 Å². The number of fused-ring (bicyclic) bond motifs is 3. The van der Waals surface area contributed by atoms with Crippen LogP contribution in [0.1, 0.15) is 82.0 Å². The van der Waals surface area contributed by atoms with E-state index < -0.39 is 100 Å². The van der Waals surface area contributed by atoms with E-state index in [1.807, 2.05) is 13.8 Å². The van der Waals surface area contributed by atoms with Gasteiger partial charge in [-0.25, -0.2) is 9.59 Å². The molecule has 2 aromatic carbocycles. The molecule has 0 bridgehead atoms. The second-order valence-corrected chi connectivity index (χ2v) is 15.5. The van der Waals surface area contributed by atoms with E-state index in [1.54, 1.807) is 74.5 Å². The Bertz CT molecular complexity index is 1660. The predicted molar refractivity (Wildman–Crippen MR) is 186 cm³/mol. The summed E-state index contributed by atoms with van der Waals surface area (Å²) in [4.78, 5) is 53.5. The van der Waals surface area contributed by atoms with Crippen LogP contribution in [-0.2, 0) is 33.3 Å². The largest absolute Gasteiger partial charge is 0.459 e. The van der Waals surface area contributed by atoms with Gasteiger partial charge in [0.15, 0.2) is 12.4 Å². The Morgan fingerprint density at radius 3 is 1.83 bits per heavy atom. The topological polar surface area (TPSA) is 175 Å². The molecule has 5 rings (SSSR count). The van der Waals surface area contributed by atoms with Crippen molar-refractivity contribution in [3.05, 3.63) is 84.4 Å². The minimum atomic E-state index is -2.34. The van der Waals surface area contributed by atoms with Crippen molar-refractivity contribution in [2.45, 2.75) is 110 Å². The third kappa shape index (κ3) is 6.66. The first kappa shape index (κ1) is 39.1. The van der Waals surface area contributed by atoms with Crippen LogP contribution in [0.4, 0.5) is 0 Å². The number of rotatable bonds is 9. The van der Waals surface area contributed by atoms with Crippen molar-refractivity contribution in [1.82, 2.24) is 0 Å². The zero-order valence-corrected chi connectivity index (χ0v) is 30.7. The third-order valence-corrected chi connectivity index (χ3v) is 11.7. The van der Waals surface area contributed by atoms with Crippen LogP contribution in [0, 0.1) is 28.1 Å². The van der Waals surface area contributed by atoms with Gasteiger partial charge in [-0.15, -0.1) is 6.58 Å². The zero-order valence-electron chi connectivity index (χ0n) is 30.7. The van der Waals surface area contributed by atoms with Gasteiger partial charge in [0.1, 0.15) is 30.0 Å². The maximum Gasteiger partial charge on any atom is 0.338 e. The van der Waals surface area contributed by atoms with Gasteiger partial charge >= 0.3 is 23.9 Å². The molecule has 0 amide bonds. The number of ether oxygens (including phenoxy) is 5. The number of benzene rings is 2. The lowest BCUT2D eigenvalue weighted by atomic mass is 9.38. The summed E-state index contributed by atoms with van der Waals surface area (Å²) in [5.41, 5.74) is -5.80.